The number of rotatable bonds is 2. The Morgan fingerprint density at radius 1 is 1.18 bits per heavy atom. The average Bonchev–Trinajstić information content (AvgIpc) is 2.66. The van der Waals surface area contributed by atoms with Gasteiger partial charge in [0.15, 0.2) is 0 Å². The number of nitro benzene ring substituents is 1. The van der Waals surface area contributed by atoms with E-state index in [1.807, 2.05) is 30.3 Å². The van der Waals surface area contributed by atoms with Crippen LogP contribution in [0, 0.1) is 10.1 Å². The summed E-state index contributed by atoms with van der Waals surface area (Å²) in [6.07, 6.45) is 0. The molecule has 110 valence electrons. The summed E-state index contributed by atoms with van der Waals surface area (Å²) in [7, 11) is 0. The molecule has 7 nitrogen and oxygen atoms in total. The molecule has 2 N–H and O–H groups in total. The molecule has 0 fully saturated rings. The largest absolute Gasteiger partial charge is 0.274 e. The number of carbonyl (C=O) groups excluding carboxylic acids is 1. The van der Waals surface area contributed by atoms with Crippen LogP contribution in [-0.4, -0.2) is 23.1 Å². The van der Waals surface area contributed by atoms with Gasteiger partial charge in [-0.05, 0) is 6.07 Å². The van der Waals surface area contributed by atoms with Crippen molar-refractivity contribution in [3.8, 4) is 0 Å². The third-order valence-corrected chi connectivity index (χ3v) is 3.39. The van der Waals surface area contributed by atoms with E-state index in [4.69, 9.17) is 5.84 Å². The molecule has 0 radical (unpaired) electrons. The van der Waals surface area contributed by atoms with E-state index >= 15 is 0 Å². The van der Waals surface area contributed by atoms with Gasteiger partial charge in [-0.2, -0.15) is 0 Å². The molecular formula is C15H12N4O3. The summed E-state index contributed by atoms with van der Waals surface area (Å²) in [4.78, 5) is 26.7. The summed E-state index contributed by atoms with van der Waals surface area (Å²) in [5, 5.41) is 12.0. The SMILES string of the molecule is NN1C(=O)CN=C(c2ccccc2)c2cc([N+](=O)[O-])ccc21. The fraction of sp³-hybridized carbons (Fsp3) is 0.0667. The van der Waals surface area contributed by atoms with Gasteiger partial charge in [0.25, 0.3) is 11.6 Å². The van der Waals surface area contributed by atoms with Gasteiger partial charge in [-0.25, -0.2) is 10.9 Å². The zero-order valence-corrected chi connectivity index (χ0v) is 11.5. The molecule has 0 saturated carbocycles. The van der Waals surface area contributed by atoms with Crippen molar-refractivity contribution in [1.82, 2.24) is 0 Å². The lowest BCUT2D eigenvalue weighted by molar-refractivity contribution is -0.384. The Labute approximate surface area is 125 Å². The van der Waals surface area contributed by atoms with Crippen molar-refractivity contribution in [2.45, 2.75) is 0 Å². The Morgan fingerprint density at radius 2 is 1.91 bits per heavy atom. The topological polar surface area (TPSA) is 102 Å². The van der Waals surface area contributed by atoms with Gasteiger partial charge in [-0.15, -0.1) is 0 Å². The number of benzene rings is 2. The van der Waals surface area contributed by atoms with Gasteiger partial charge in [-0.3, -0.25) is 19.9 Å². The maximum absolute atomic E-state index is 11.9. The molecule has 1 heterocycles. The van der Waals surface area contributed by atoms with Crippen LogP contribution in [0.3, 0.4) is 0 Å². The van der Waals surface area contributed by atoms with Crippen LogP contribution in [0.25, 0.3) is 0 Å². The van der Waals surface area contributed by atoms with E-state index in [-0.39, 0.29) is 18.1 Å². The molecule has 22 heavy (non-hydrogen) atoms. The van der Waals surface area contributed by atoms with E-state index in [0.717, 1.165) is 10.6 Å². The van der Waals surface area contributed by atoms with Gasteiger partial charge in [-0.1, -0.05) is 30.3 Å². The van der Waals surface area contributed by atoms with Crippen molar-refractivity contribution < 1.29 is 9.72 Å². The monoisotopic (exact) mass is 296 g/mol. The molecule has 0 saturated heterocycles. The highest BCUT2D eigenvalue weighted by Gasteiger charge is 2.25. The second-order valence-corrected chi connectivity index (χ2v) is 4.75. The summed E-state index contributed by atoms with van der Waals surface area (Å²) < 4.78 is 0. The Kier molecular flexibility index (Phi) is 3.40. The van der Waals surface area contributed by atoms with Crippen molar-refractivity contribution in [2.24, 2.45) is 10.8 Å². The highest BCUT2D eigenvalue weighted by atomic mass is 16.6. The molecule has 0 aliphatic carbocycles. The lowest BCUT2D eigenvalue weighted by atomic mass is 10.00. The van der Waals surface area contributed by atoms with E-state index in [1.54, 1.807) is 0 Å². The zero-order valence-electron chi connectivity index (χ0n) is 11.5. The Balaban J connectivity index is 2.24. The first-order valence-corrected chi connectivity index (χ1v) is 6.54. The molecule has 1 aliphatic heterocycles. The second-order valence-electron chi connectivity index (χ2n) is 4.75. The average molecular weight is 296 g/mol. The number of aliphatic imine (C=N–C) groups is 1. The van der Waals surface area contributed by atoms with Crippen molar-refractivity contribution in [2.75, 3.05) is 11.6 Å². The highest BCUT2D eigenvalue weighted by Crippen LogP contribution is 2.28. The second kappa shape index (κ2) is 5.38. The number of anilines is 1. The lowest BCUT2D eigenvalue weighted by Crippen LogP contribution is -2.38. The number of nitro groups is 1. The minimum Gasteiger partial charge on any atom is -0.274 e. The first-order valence-electron chi connectivity index (χ1n) is 6.54. The highest BCUT2D eigenvalue weighted by molar-refractivity contribution is 6.19. The van der Waals surface area contributed by atoms with E-state index in [2.05, 4.69) is 4.99 Å². The molecule has 0 aromatic heterocycles. The van der Waals surface area contributed by atoms with E-state index < -0.39 is 4.92 Å². The molecule has 0 unspecified atom stereocenters. The van der Waals surface area contributed by atoms with Crippen molar-refractivity contribution in [3.05, 3.63) is 69.8 Å². The minimum atomic E-state index is -0.490. The summed E-state index contributed by atoms with van der Waals surface area (Å²) in [6.45, 7) is -0.108. The maximum atomic E-state index is 11.9. The van der Waals surface area contributed by atoms with Crippen LogP contribution in [0.5, 0.6) is 0 Å². The Bertz CT molecular complexity index is 787. The van der Waals surface area contributed by atoms with Gasteiger partial charge >= 0.3 is 0 Å². The van der Waals surface area contributed by atoms with Crippen LogP contribution in [0.4, 0.5) is 11.4 Å². The summed E-state index contributed by atoms with van der Waals surface area (Å²) >= 11 is 0. The number of benzodiazepines with no additional fused rings is 1. The molecule has 0 atom stereocenters. The predicted octanol–water partition coefficient (Wildman–Crippen LogP) is 1.65. The first kappa shape index (κ1) is 13.9. The smallest absolute Gasteiger partial charge is 0.270 e. The molecule has 1 aliphatic rings. The normalized spacial score (nSPS) is 14.1. The third kappa shape index (κ3) is 2.33. The number of hydrogen-bond acceptors (Lipinski definition) is 5. The van der Waals surface area contributed by atoms with Crippen LogP contribution in [0.2, 0.25) is 0 Å². The fourth-order valence-corrected chi connectivity index (χ4v) is 2.32. The van der Waals surface area contributed by atoms with Gasteiger partial charge in [0, 0.05) is 23.3 Å². The van der Waals surface area contributed by atoms with Crippen molar-refractivity contribution in [1.29, 1.82) is 0 Å². The number of nitrogens with zero attached hydrogens (tertiary/aromatic N) is 3. The molecule has 1 amide bonds. The fourth-order valence-electron chi connectivity index (χ4n) is 2.32. The number of hydrazine groups is 1. The number of amides is 1. The van der Waals surface area contributed by atoms with Crippen LogP contribution in [0.1, 0.15) is 11.1 Å². The molecule has 2 aromatic carbocycles. The van der Waals surface area contributed by atoms with Gasteiger partial charge < -0.3 is 0 Å². The van der Waals surface area contributed by atoms with Crippen molar-refractivity contribution >= 4 is 23.0 Å². The third-order valence-electron chi connectivity index (χ3n) is 3.39. The number of nitrogens with two attached hydrogens (primary N) is 1. The van der Waals surface area contributed by atoms with Crippen LogP contribution >= 0.6 is 0 Å². The van der Waals surface area contributed by atoms with Crippen LogP contribution in [-0.2, 0) is 4.79 Å². The molecule has 7 heteroatoms. The van der Waals surface area contributed by atoms with E-state index in [9.17, 15) is 14.9 Å². The summed E-state index contributed by atoms with van der Waals surface area (Å²) in [5.41, 5.74) is 2.07. The molecule has 0 bridgehead atoms. The van der Waals surface area contributed by atoms with Crippen molar-refractivity contribution in [3.63, 3.8) is 0 Å². The number of hydrogen-bond donors (Lipinski definition) is 1. The van der Waals surface area contributed by atoms with Gasteiger partial charge in [0.2, 0.25) is 0 Å². The number of non-ortho nitro benzene ring substituents is 1. The van der Waals surface area contributed by atoms with Gasteiger partial charge in [0.1, 0.15) is 6.54 Å². The first-order chi connectivity index (χ1) is 10.6. The van der Waals surface area contributed by atoms with Crippen LogP contribution in [0.15, 0.2) is 53.5 Å². The zero-order chi connectivity index (χ0) is 15.7. The molecule has 0 spiro atoms. The lowest BCUT2D eigenvalue weighted by Gasteiger charge is -2.16. The van der Waals surface area contributed by atoms with Gasteiger partial charge in [0.05, 0.1) is 16.3 Å². The summed E-state index contributed by atoms with van der Waals surface area (Å²) in [5.74, 6) is 5.42. The van der Waals surface area contributed by atoms with E-state index in [0.29, 0.717) is 17.0 Å². The number of carbonyl (C=O) groups is 1. The standard InChI is InChI=1S/C15H12N4O3/c16-18-13-7-6-11(19(21)22)8-12(13)15(17-9-14(18)20)10-4-2-1-3-5-10/h1-8H,9,16H2. The molecule has 2 aromatic rings. The predicted molar refractivity (Wildman–Crippen MR) is 81.7 cm³/mol. The Morgan fingerprint density at radius 3 is 2.59 bits per heavy atom. The molecular weight excluding hydrogens is 284 g/mol. The summed E-state index contributed by atoms with van der Waals surface area (Å²) in [6, 6.07) is 13.4. The molecule has 3 rings (SSSR count). The maximum Gasteiger partial charge on any atom is 0.270 e. The van der Waals surface area contributed by atoms with Crippen LogP contribution < -0.4 is 10.9 Å². The Hall–Kier alpha value is -3.06. The quantitative estimate of drug-likeness (QED) is 0.394. The van der Waals surface area contributed by atoms with E-state index in [1.165, 1.54) is 18.2 Å². The number of fused-ring (bicyclic) bond motifs is 1. The minimum absolute atomic E-state index is 0.0786.